The molecule has 1 aliphatic carbocycles. The molecule has 3 aromatic carbocycles. The zero-order chi connectivity index (χ0) is 34.0. The quantitative estimate of drug-likeness (QED) is 0.171. The summed E-state index contributed by atoms with van der Waals surface area (Å²) in [5.41, 5.74) is 1.71. The predicted octanol–water partition coefficient (Wildman–Crippen LogP) is 6.21. The summed E-state index contributed by atoms with van der Waals surface area (Å²) in [6.45, 7) is 4.68. The molecule has 2 N–H and O–H groups in total. The van der Waals surface area contributed by atoms with E-state index in [4.69, 9.17) is 42.1 Å². The first-order chi connectivity index (χ1) is 23.2. The minimum atomic E-state index is -0.728. The van der Waals surface area contributed by atoms with Crippen LogP contribution in [0.1, 0.15) is 47.2 Å². The normalized spacial score (nSPS) is 17.4. The number of hydrogen-bond acceptors (Lipinski definition) is 7. The molecule has 2 atom stereocenters. The minimum Gasteiger partial charge on any atom is -0.493 e. The second-order valence-electron chi connectivity index (χ2n) is 12.1. The number of para-hydroxylation sites is 1. The zero-order valence-corrected chi connectivity index (χ0v) is 28.7. The fraction of sp³-hybridized carbons (Fsp3) is 0.444. The lowest BCUT2D eigenvalue weighted by molar-refractivity contribution is -0.138. The van der Waals surface area contributed by atoms with Crippen LogP contribution in [-0.2, 0) is 16.1 Å². The molecule has 12 heteroatoms. The van der Waals surface area contributed by atoms with Crippen LogP contribution < -0.4 is 24.8 Å². The van der Waals surface area contributed by atoms with Crippen LogP contribution in [0.4, 0.5) is 4.39 Å². The first-order valence-electron chi connectivity index (χ1n) is 16.3. The number of amides is 2. The molecule has 1 saturated heterocycles. The maximum Gasteiger partial charge on any atom is 0.254 e. The van der Waals surface area contributed by atoms with Crippen molar-refractivity contribution >= 4 is 35.0 Å². The molecule has 2 fully saturated rings. The van der Waals surface area contributed by atoms with Gasteiger partial charge >= 0.3 is 0 Å². The largest absolute Gasteiger partial charge is 0.493 e. The summed E-state index contributed by atoms with van der Waals surface area (Å²) in [6, 6.07) is 15.0. The number of nitrogens with one attached hydrogen (secondary N) is 2. The van der Waals surface area contributed by atoms with Gasteiger partial charge in [-0.25, -0.2) is 4.39 Å². The van der Waals surface area contributed by atoms with Gasteiger partial charge in [0.1, 0.15) is 30.5 Å². The number of methoxy groups -OCH3 is 1. The monoisotopic (exact) mass is 701 g/mol. The van der Waals surface area contributed by atoms with Crippen LogP contribution in [0, 0.1) is 18.7 Å². The van der Waals surface area contributed by atoms with Crippen LogP contribution in [0.2, 0.25) is 10.0 Å². The summed E-state index contributed by atoms with van der Waals surface area (Å²) >= 11 is 12.4. The van der Waals surface area contributed by atoms with Gasteiger partial charge in [-0.05, 0) is 68.6 Å². The third-order valence-electron chi connectivity index (χ3n) is 8.38. The van der Waals surface area contributed by atoms with Crippen molar-refractivity contribution in [3.63, 3.8) is 0 Å². The van der Waals surface area contributed by atoms with Gasteiger partial charge in [0.05, 0.1) is 28.1 Å². The predicted molar refractivity (Wildman–Crippen MR) is 183 cm³/mol. The molecule has 2 aliphatic rings. The summed E-state index contributed by atoms with van der Waals surface area (Å²) in [6.07, 6.45) is 3.16. The first-order valence-corrected chi connectivity index (χ1v) is 17.0. The van der Waals surface area contributed by atoms with Crippen LogP contribution in [-0.4, -0.2) is 75.4 Å². The van der Waals surface area contributed by atoms with Gasteiger partial charge in [-0.3, -0.25) is 9.59 Å². The van der Waals surface area contributed by atoms with Gasteiger partial charge in [0.15, 0.2) is 5.75 Å². The minimum absolute atomic E-state index is 0.0381. The van der Waals surface area contributed by atoms with Crippen molar-refractivity contribution in [2.45, 2.75) is 51.2 Å². The highest BCUT2D eigenvalue weighted by molar-refractivity contribution is 6.37. The Labute approximate surface area is 291 Å². The number of nitrogens with zero attached hydrogens (tertiary/aromatic N) is 1. The fourth-order valence-electron chi connectivity index (χ4n) is 5.76. The lowest BCUT2D eigenvalue weighted by Gasteiger charge is -2.36. The number of rotatable bonds is 16. The molecule has 1 aliphatic heterocycles. The van der Waals surface area contributed by atoms with E-state index in [-0.39, 0.29) is 36.5 Å². The second-order valence-corrected chi connectivity index (χ2v) is 12.9. The summed E-state index contributed by atoms with van der Waals surface area (Å²) in [4.78, 5) is 29.3. The molecule has 48 heavy (non-hydrogen) atoms. The Kier molecular flexibility index (Phi) is 12.8. The molecule has 2 unspecified atom stereocenters. The summed E-state index contributed by atoms with van der Waals surface area (Å²) in [7, 11) is 1.66. The number of piperidine rings is 1. The fourth-order valence-corrected chi connectivity index (χ4v) is 6.47. The molecule has 5 rings (SSSR count). The van der Waals surface area contributed by atoms with Crippen LogP contribution in [0.5, 0.6) is 17.2 Å². The molecular weight excluding hydrogens is 660 g/mol. The molecule has 1 saturated carbocycles. The van der Waals surface area contributed by atoms with Crippen molar-refractivity contribution in [2.24, 2.45) is 5.92 Å². The van der Waals surface area contributed by atoms with Crippen molar-refractivity contribution in [1.82, 2.24) is 15.5 Å². The van der Waals surface area contributed by atoms with Gasteiger partial charge in [-0.2, -0.15) is 0 Å². The van der Waals surface area contributed by atoms with Crippen LogP contribution in [0.3, 0.4) is 0 Å². The van der Waals surface area contributed by atoms with E-state index in [1.54, 1.807) is 19.2 Å². The third-order valence-corrected chi connectivity index (χ3v) is 8.94. The average Bonchev–Trinajstić information content (AvgIpc) is 3.91. The van der Waals surface area contributed by atoms with Gasteiger partial charge in [0, 0.05) is 56.9 Å². The highest BCUT2D eigenvalue weighted by Crippen LogP contribution is 2.35. The number of halogens is 3. The number of hydrogen-bond donors (Lipinski definition) is 2. The van der Waals surface area contributed by atoms with Crippen molar-refractivity contribution < 1.29 is 32.9 Å². The van der Waals surface area contributed by atoms with Crippen LogP contribution in [0.25, 0.3) is 0 Å². The Morgan fingerprint density at radius 2 is 1.71 bits per heavy atom. The highest BCUT2D eigenvalue weighted by atomic mass is 35.5. The molecule has 2 amide bonds. The highest BCUT2D eigenvalue weighted by Gasteiger charge is 2.40. The Morgan fingerprint density at radius 3 is 2.44 bits per heavy atom. The molecule has 9 nitrogen and oxygen atoms in total. The molecule has 0 bridgehead atoms. The standard InChI is InChI=1S/C36H42Cl2FN3O6/c1-23-18-29(37)34(30(38)19-23)48-17-16-46-26-10-11-27(31(39)20-26)35(43)41-32-12-13-40-21-28(32)36(44)42(25-8-9-25)22-24-6-3-4-7-33(24)47-15-5-14-45-2/h3-4,6-7,10-11,18-20,25,28,32,40H,5,8-9,12-17,21-22H2,1-2H3,(H,41,43). The van der Waals surface area contributed by atoms with E-state index in [1.807, 2.05) is 36.1 Å². The number of carbonyl (C=O) groups is 2. The van der Waals surface area contributed by atoms with Gasteiger partial charge in [0.25, 0.3) is 5.91 Å². The Morgan fingerprint density at radius 1 is 0.958 bits per heavy atom. The summed E-state index contributed by atoms with van der Waals surface area (Å²) in [5, 5.41) is 7.04. The molecule has 1 heterocycles. The number of aryl methyl sites for hydroxylation is 1. The van der Waals surface area contributed by atoms with Crippen LogP contribution in [0.15, 0.2) is 54.6 Å². The number of ether oxygens (including phenoxy) is 4. The third kappa shape index (κ3) is 9.53. The molecule has 0 spiro atoms. The van der Waals surface area contributed by atoms with Gasteiger partial charge in [-0.15, -0.1) is 0 Å². The SMILES string of the molecule is COCCCOc1ccccc1CN(C(=O)C1CNCCC1NC(=O)c1ccc(OCCOc2c(Cl)cc(C)cc2Cl)cc1F)C1CC1. The zero-order valence-electron chi connectivity index (χ0n) is 27.2. The second kappa shape index (κ2) is 17.2. The lowest BCUT2D eigenvalue weighted by atomic mass is 9.91. The Bertz CT molecular complexity index is 1550. The van der Waals surface area contributed by atoms with Crippen molar-refractivity contribution in [2.75, 3.05) is 46.6 Å². The van der Waals surface area contributed by atoms with Crippen LogP contribution >= 0.6 is 23.2 Å². The van der Waals surface area contributed by atoms with E-state index >= 15 is 4.39 Å². The molecule has 0 radical (unpaired) electrons. The average molecular weight is 703 g/mol. The van der Waals surface area contributed by atoms with Gasteiger partial charge < -0.3 is 34.5 Å². The van der Waals surface area contributed by atoms with E-state index < -0.39 is 23.7 Å². The first kappa shape index (κ1) is 35.7. The van der Waals surface area contributed by atoms with E-state index in [1.165, 1.54) is 12.1 Å². The van der Waals surface area contributed by atoms with E-state index in [0.29, 0.717) is 55.1 Å². The molecular formula is C36H42Cl2FN3O6. The molecule has 3 aromatic rings. The smallest absolute Gasteiger partial charge is 0.254 e. The lowest BCUT2D eigenvalue weighted by Crippen LogP contribution is -2.55. The Balaban J connectivity index is 1.18. The van der Waals surface area contributed by atoms with E-state index in [0.717, 1.165) is 42.2 Å². The number of carbonyl (C=O) groups excluding carboxylic acids is 2. The summed E-state index contributed by atoms with van der Waals surface area (Å²) in [5.74, 6) is -0.505. The summed E-state index contributed by atoms with van der Waals surface area (Å²) < 4.78 is 37.6. The topological polar surface area (TPSA) is 98.4 Å². The van der Waals surface area contributed by atoms with Crippen molar-refractivity contribution in [3.05, 3.63) is 87.2 Å². The van der Waals surface area contributed by atoms with Gasteiger partial charge in [-0.1, -0.05) is 41.4 Å². The van der Waals surface area contributed by atoms with E-state index in [2.05, 4.69) is 10.6 Å². The number of benzene rings is 3. The maximum atomic E-state index is 15.2. The van der Waals surface area contributed by atoms with Gasteiger partial charge in [0.2, 0.25) is 5.91 Å². The molecule has 258 valence electrons. The van der Waals surface area contributed by atoms with E-state index in [9.17, 15) is 9.59 Å². The van der Waals surface area contributed by atoms with Crippen molar-refractivity contribution in [1.29, 1.82) is 0 Å². The Hall–Kier alpha value is -3.57. The van der Waals surface area contributed by atoms with Crippen molar-refractivity contribution in [3.8, 4) is 17.2 Å². The molecule has 0 aromatic heterocycles. The maximum absolute atomic E-state index is 15.2.